The monoisotopic (exact) mass is 351 g/mol. The van der Waals surface area contributed by atoms with Crippen LogP contribution in [0, 0.1) is 5.92 Å². The van der Waals surface area contributed by atoms with Crippen LogP contribution in [0.1, 0.15) is 25.8 Å². The Morgan fingerprint density at radius 3 is 2.54 bits per heavy atom. The molecule has 130 valence electrons. The van der Waals surface area contributed by atoms with E-state index >= 15 is 0 Å². The first-order valence-corrected chi connectivity index (χ1v) is 9.08. The highest BCUT2D eigenvalue weighted by molar-refractivity contribution is 7.89. The van der Waals surface area contributed by atoms with E-state index in [0.29, 0.717) is 6.54 Å². The molecule has 2 N–H and O–H groups in total. The minimum atomic E-state index is -3.94. The van der Waals surface area contributed by atoms with Crippen LogP contribution >= 0.6 is 0 Å². The fourth-order valence-electron chi connectivity index (χ4n) is 2.27. The number of sulfonamides is 1. The smallest absolute Gasteiger partial charge is 0.321 e. The van der Waals surface area contributed by atoms with Gasteiger partial charge in [0.05, 0.1) is 12.7 Å². The van der Waals surface area contributed by atoms with E-state index in [4.69, 9.17) is 0 Å². The molecule has 1 heterocycles. The summed E-state index contributed by atoms with van der Waals surface area (Å²) < 4.78 is 28.5. The van der Waals surface area contributed by atoms with Crippen molar-refractivity contribution in [2.75, 3.05) is 0 Å². The summed E-state index contributed by atoms with van der Waals surface area (Å²) in [5, 5.41) is 13.2. The molecule has 0 aliphatic heterocycles. The highest BCUT2D eigenvalue weighted by Crippen LogP contribution is 2.13. The Kier molecular flexibility index (Phi) is 5.74. The molecular formula is C16H21N3O4S. The largest absolute Gasteiger partial charge is 0.480 e. The third-order valence-electron chi connectivity index (χ3n) is 3.41. The summed E-state index contributed by atoms with van der Waals surface area (Å²) in [6.07, 6.45) is 2.83. The van der Waals surface area contributed by atoms with Crippen molar-refractivity contribution in [2.24, 2.45) is 5.92 Å². The van der Waals surface area contributed by atoms with Crippen LogP contribution in [0.3, 0.4) is 0 Å². The molecular weight excluding hydrogens is 330 g/mol. The van der Waals surface area contributed by atoms with Gasteiger partial charge in [-0.1, -0.05) is 44.2 Å². The van der Waals surface area contributed by atoms with Crippen molar-refractivity contribution >= 4 is 16.0 Å². The van der Waals surface area contributed by atoms with Crippen molar-refractivity contribution in [3.63, 3.8) is 0 Å². The lowest BCUT2D eigenvalue weighted by molar-refractivity contribution is -0.139. The van der Waals surface area contributed by atoms with Gasteiger partial charge in [-0.3, -0.25) is 9.48 Å². The van der Waals surface area contributed by atoms with Crippen LogP contribution in [-0.4, -0.2) is 35.3 Å². The lowest BCUT2D eigenvalue weighted by atomic mass is 10.1. The Bertz CT molecular complexity index is 785. The molecule has 0 fully saturated rings. The summed E-state index contributed by atoms with van der Waals surface area (Å²) >= 11 is 0. The molecule has 8 heteroatoms. The first-order chi connectivity index (χ1) is 11.3. The first-order valence-electron chi connectivity index (χ1n) is 7.59. The van der Waals surface area contributed by atoms with E-state index in [9.17, 15) is 18.3 Å². The Labute approximate surface area is 141 Å². The SMILES string of the molecule is CC(C)CC(NS(=O)(=O)c1cnn(Cc2ccccc2)c1)C(=O)O. The second-order valence-electron chi connectivity index (χ2n) is 6.00. The predicted octanol–water partition coefficient (Wildman–Crippen LogP) is 1.71. The van der Waals surface area contributed by atoms with Crippen LogP contribution in [0.2, 0.25) is 0 Å². The maximum atomic E-state index is 12.4. The van der Waals surface area contributed by atoms with Crippen molar-refractivity contribution in [2.45, 2.75) is 37.8 Å². The molecule has 1 aromatic carbocycles. The van der Waals surface area contributed by atoms with Gasteiger partial charge >= 0.3 is 5.97 Å². The normalized spacial score (nSPS) is 13.1. The molecule has 2 aromatic rings. The molecule has 1 unspecified atom stereocenters. The Hall–Kier alpha value is -2.19. The lowest BCUT2D eigenvalue weighted by Crippen LogP contribution is -2.41. The van der Waals surface area contributed by atoms with Crippen molar-refractivity contribution in [1.29, 1.82) is 0 Å². The standard InChI is InChI=1S/C16H21N3O4S/c1-12(2)8-15(16(20)21)18-24(22,23)14-9-17-19(11-14)10-13-6-4-3-5-7-13/h3-7,9,11-12,15,18H,8,10H2,1-2H3,(H,20,21). The van der Waals surface area contributed by atoms with Crippen molar-refractivity contribution < 1.29 is 18.3 Å². The van der Waals surface area contributed by atoms with Crippen molar-refractivity contribution in [1.82, 2.24) is 14.5 Å². The van der Waals surface area contributed by atoms with Crippen LogP contribution in [0.25, 0.3) is 0 Å². The summed E-state index contributed by atoms with van der Waals surface area (Å²) in [5.41, 5.74) is 0.987. The van der Waals surface area contributed by atoms with E-state index in [2.05, 4.69) is 9.82 Å². The number of carboxylic acids is 1. The second kappa shape index (κ2) is 7.59. The van der Waals surface area contributed by atoms with Crippen LogP contribution < -0.4 is 4.72 Å². The van der Waals surface area contributed by atoms with E-state index < -0.39 is 22.0 Å². The Balaban J connectivity index is 2.13. The first kappa shape index (κ1) is 18.2. The predicted molar refractivity (Wildman–Crippen MR) is 89.0 cm³/mol. The van der Waals surface area contributed by atoms with Crippen LogP contribution in [0.5, 0.6) is 0 Å². The molecule has 0 spiro atoms. The zero-order valence-corrected chi connectivity index (χ0v) is 14.4. The Morgan fingerprint density at radius 2 is 1.96 bits per heavy atom. The van der Waals surface area contributed by atoms with Crippen molar-refractivity contribution in [3.05, 3.63) is 48.3 Å². The molecule has 0 saturated heterocycles. The highest BCUT2D eigenvalue weighted by Gasteiger charge is 2.27. The number of hydrogen-bond donors (Lipinski definition) is 2. The number of rotatable bonds is 8. The summed E-state index contributed by atoms with van der Waals surface area (Å²) in [6.45, 7) is 4.11. The van der Waals surface area contributed by atoms with Gasteiger partial charge in [0.2, 0.25) is 10.0 Å². The summed E-state index contributed by atoms with van der Waals surface area (Å²) in [6, 6.07) is 8.34. The van der Waals surface area contributed by atoms with E-state index in [-0.39, 0.29) is 17.2 Å². The molecule has 0 aliphatic rings. The number of aromatic nitrogens is 2. The molecule has 0 radical (unpaired) electrons. The average molecular weight is 351 g/mol. The minimum Gasteiger partial charge on any atom is -0.480 e. The third-order valence-corrected chi connectivity index (χ3v) is 4.84. The van der Waals surface area contributed by atoms with Gasteiger partial charge in [-0.05, 0) is 17.9 Å². The third kappa shape index (κ3) is 4.90. The number of carbonyl (C=O) groups is 1. The lowest BCUT2D eigenvalue weighted by Gasteiger charge is -2.15. The second-order valence-corrected chi connectivity index (χ2v) is 7.71. The molecule has 2 rings (SSSR count). The maximum absolute atomic E-state index is 12.4. The topological polar surface area (TPSA) is 101 Å². The molecule has 24 heavy (non-hydrogen) atoms. The zero-order valence-electron chi connectivity index (χ0n) is 13.6. The van der Waals surface area contributed by atoms with E-state index in [1.165, 1.54) is 17.1 Å². The van der Waals surface area contributed by atoms with Gasteiger partial charge in [-0.15, -0.1) is 0 Å². The molecule has 0 amide bonds. The van der Waals surface area contributed by atoms with Gasteiger partial charge in [0.15, 0.2) is 0 Å². The van der Waals surface area contributed by atoms with Crippen LogP contribution in [0.15, 0.2) is 47.6 Å². The quantitative estimate of drug-likeness (QED) is 0.754. The van der Waals surface area contributed by atoms with Gasteiger partial charge in [0.25, 0.3) is 0 Å². The molecule has 0 bridgehead atoms. The summed E-state index contributed by atoms with van der Waals surface area (Å²) in [7, 11) is -3.94. The van der Waals surface area contributed by atoms with Gasteiger partial charge in [-0.2, -0.15) is 9.82 Å². The number of nitrogens with zero attached hydrogens (tertiary/aromatic N) is 2. The number of carboxylic acid groups (broad SMARTS) is 1. The number of benzene rings is 1. The van der Waals surface area contributed by atoms with Crippen LogP contribution in [-0.2, 0) is 21.4 Å². The van der Waals surface area contributed by atoms with Gasteiger partial charge in [0.1, 0.15) is 10.9 Å². The fourth-order valence-corrected chi connectivity index (χ4v) is 3.42. The molecule has 1 aromatic heterocycles. The van der Waals surface area contributed by atoms with Crippen molar-refractivity contribution in [3.8, 4) is 0 Å². The van der Waals surface area contributed by atoms with E-state index in [1.807, 2.05) is 44.2 Å². The fraction of sp³-hybridized carbons (Fsp3) is 0.375. The molecule has 7 nitrogen and oxygen atoms in total. The number of aliphatic carboxylic acids is 1. The van der Waals surface area contributed by atoms with Crippen LogP contribution in [0.4, 0.5) is 0 Å². The summed E-state index contributed by atoms with van der Waals surface area (Å²) in [5.74, 6) is -1.14. The average Bonchev–Trinajstić information content (AvgIpc) is 2.96. The minimum absolute atomic E-state index is 0.0477. The summed E-state index contributed by atoms with van der Waals surface area (Å²) in [4.78, 5) is 11.2. The molecule has 0 aliphatic carbocycles. The Morgan fingerprint density at radius 1 is 1.29 bits per heavy atom. The number of nitrogens with one attached hydrogen (secondary N) is 1. The number of hydrogen-bond acceptors (Lipinski definition) is 4. The van der Waals surface area contributed by atoms with Gasteiger partial charge in [-0.25, -0.2) is 8.42 Å². The zero-order chi connectivity index (χ0) is 17.7. The van der Waals surface area contributed by atoms with Gasteiger partial charge in [0, 0.05) is 6.20 Å². The molecule has 0 saturated carbocycles. The van der Waals surface area contributed by atoms with E-state index in [0.717, 1.165) is 5.56 Å². The van der Waals surface area contributed by atoms with E-state index in [1.54, 1.807) is 0 Å². The highest BCUT2D eigenvalue weighted by atomic mass is 32.2. The van der Waals surface area contributed by atoms with Gasteiger partial charge < -0.3 is 5.11 Å². The molecule has 1 atom stereocenters. The maximum Gasteiger partial charge on any atom is 0.321 e.